The second-order valence-electron chi connectivity index (χ2n) is 9.48. The van der Waals surface area contributed by atoms with Gasteiger partial charge in [0.1, 0.15) is 11.9 Å². The molecule has 1 aromatic heterocycles. The van der Waals surface area contributed by atoms with E-state index in [9.17, 15) is 19.1 Å². The summed E-state index contributed by atoms with van der Waals surface area (Å²) < 4.78 is 14.8. The Morgan fingerprint density at radius 1 is 1.38 bits per heavy atom. The molecule has 2 heterocycles. The van der Waals surface area contributed by atoms with Gasteiger partial charge in [0, 0.05) is 18.5 Å². The molecule has 1 fully saturated rings. The molecule has 0 bridgehead atoms. The van der Waals surface area contributed by atoms with Crippen LogP contribution in [0.3, 0.4) is 0 Å². The van der Waals surface area contributed by atoms with E-state index in [4.69, 9.17) is 5.73 Å². The number of nitrogens with zero attached hydrogens (tertiary/aromatic N) is 2. The number of benzene rings is 1. The molecule has 0 saturated carbocycles. The molecule has 0 radical (unpaired) electrons. The number of carbonyl (C=O) groups excluding carboxylic acids is 2. The SMILES string of the molecule is Cc1ncsc1-c1ccc([C@H](C)NC(=O)[C@@H]2C[C@@H](O)CN2C(=O)[C@@H](N)C(C)(C)C)cc1F. The van der Waals surface area contributed by atoms with E-state index in [1.165, 1.54) is 22.3 Å². The smallest absolute Gasteiger partial charge is 0.243 e. The lowest BCUT2D eigenvalue weighted by Gasteiger charge is -2.32. The number of aromatic nitrogens is 1. The van der Waals surface area contributed by atoms with E-state index in [0.717, 1.165) is 10.6 Å². The van der Waals surface area contributed by atoms with Crippen LogP contribution in [0.5, 0.6) is 0 Å². The second kappa shape index (κ2) is 9.25. The van der Waals surface area contributed by atoms with Crippen LogP contribution >= 0.6 is 11.3 Å². The summed E-state index contributed by atoms with van der Waals surface area (Å²) in [5, 5.41) is 13.0. The van der Waals surface area contributed by atoms with Gasteiger partial charge in [-0.25, -0.2) is 9.37 Å². The van der Waals surface area contributed by atoms with Gasteiger partial charge in [0.15, 0.2) is 0 Å². The standard InChI is InChI=1S/C23H31FN4O3S/c1-12(14-6-7-16(17(24)8-14)19-13(2)26-11-32-19)27-21(30)18-9-15(29)10-28(18)22(31)20(25)23(3,4)5/h6-8,11-12,15,18,20,29H,9-10,25H2,1-5H3,(H,27,30)/t12-,15+,18-,20+/m0/s1. The van der Waals surface area contributed by atoms with Crippen LogP contribution in [0.25, 0.3) is 10.4 Å². The molecule has 1 saturated heterocycles. The molecule has 3 rings (SSSR count). The average Bonchev–Trinajstić information content (AvgIpc) is 3.31. The van der Waals surface area contributed by atoms with Crippen molar-refractivity contribution in [2.45, 2.75) is 65.3 Å². The van der Waals surface area contributed by atoms with Gasteiger partial charge in [0.25, 0.3) is 0 Å². The summed E-state index contributed by atoms with van der Waals surface area (Å²) in [4.78, 5) is 32.2. The molecule has 2 aromatic rings. The zero-order chi connectivity index (χ0) is 23.8. The van der Waals surface area contributed by atoms with Crippen LogP contribution in [0.4, 0.5) is 4.39 Å². The van der Waals surface area contributed by atoms with Gasteiger partial charge in [-0.2, -0.15) is 0 Å². The van der Waals surface area contributed by atoms with Gasteiger partial charge in [-0.3, -0.25) is 9.59 Å². The third-order valence-corrected chi connectivity index (χ3v) is 6.87. The largest absolute Gasteiger partial charge is 0.391 e. The molecule has 9 heteroatoms. The molecule has 0 unspecified atom stereocenters. The highest BCUT2D eigenvalue weighted by Gasteiger charge is 2.42. The van der Waals surface area contributed by atoms with Crippen molar-refractivity contribution < 1.29 is 19.1 Å². The third kappa shape index (κ3) is 5.00. The van der Waals surface area contributed by atoms with Crippen LogP contribution in [0, 0.1) is 18.2 Å². The molecule has 0 spiro atoms. The van der Waals surface area contributed by atoms with Gasteiger partial charge in [-0.1, -0.05) is 32.9 Å². The van der Waals surface area contributed by atoms with Gasteiger partial charge >= 0.3 is 0 Å². The van der Waals surface area contributed by atoms with Crippen molar-refractivity contribution in [1.82, 2.24) is 15.2 Å². The number of thiazole rings is 1. The second-order valence-corrected chi connectivity index (χ2v) is 10.3. The number of nitrogens with two attached hydrogens (primary N) is 1. The maximum atomic E-state index is 14.8. The maximum Gasteiger partial charge on any atom is 0.243 e. The van der Waals surface area contributed by atoms with Gasteiger partial charge in [0.2, 0.25) is 11.8 Å². The highest BCUT2D eigenvalue weighted by Crippen LogP contribution is 2.31. The van der Waals surface area contributed by atoms with E-state index >= 15 is 0 Å². The molecule has 1 aromatic carbocycles. The van der Waals surface area contributed by atoms with Gasteiger partial charge < -0.3 is 21.1 Å². The Bertz CT molecular complexity index is 1000. The van der Waals surface area contributed by atoms with E-state index in [2.05, 4.69) is 10.3 Å². The molecular weight excluding hydrogens is 431 g/mol. The highest BCUT2D eigenvalue weighted by molar-refractivity contribution is 7.13. The van der Waals surface area contributed by atoms with Crippen molar-refractivity contribution in [3.63, 3.8) is 0 Å². The first-order chi connectivity index (χ1) is 14.9. The predicted molar refractivity (Wildman–Crippen MR) is 122 cm³/mol. The molecule has 4 N–H and O–H groups in total. The zero-order valence-electron chi connectivity index (χ0n) is 19.1. The predicted octanol–water partition coefficient (Wildman–Crippen LogP) is 2.77. The first kappa shape index (κ1) is 24.3. The molecule has 4 atom stereocenters. The average molecular weight is 463 g/mol. The van der Waals surface area contributed by atoms with Crippen LogP contribution in [0.1, 0.15) is 51.4 Å². The maximum absolute atomic E-state index is 14.8. The van der Waals surface area contributed by atoms with Crippen molar-refractivity contribution in [2.24, 2.45) is 11.1 Å². The van der Waals surface area contributed by atoms with Gasteiger partial charge in [0.05, 0.1) is 34.3 Å². The Hall–Kier alpha value is -2.36. The monoisotopic (exact) mass is 462 g/mol. The van der Waals surface area contributed by atoms with Crippen molar-refractivity contribution >= 4 is 23.2 Å². The van der Waals surface area contributed by atoms with Crippen molar-refractivity contribution in [3.8, 4) is 10.4 Å². The van der Waals surface area contributed by atoms with Gasteiger partial charge in [-0.15, -0.1) is 11.3 Å². The molecule has 1 aliphatic heterocycles. The van der Waals surface area contributed by atoms with Crippen LogP contribution in [0.15, 0.2) is 23.7 Å². The minimum Gasteiger partial charge on any atom is -0.391 e. The number of likely N-dealkylation sites (tertiary alicyclic amines) is 1. The molecule has 174 valence electrons. The normalized spacial score (nSPS) is 20.8. The molecule has 7 nitrogen and oxygen atoms in total. The summed E-state index contributed by atoms with van der Waals surface area (Å²) in [6, 6.07) is 2.76. The number of nitrogens with one attached hydrogen (secondary N) is 1. The molecule has 0 aliphatic carbocycles. The van der Waals surface area contributed by atoms with Crippen LogP contribution in [0.2, 0.25) is 0 Å². The number of aliphatic hydroxyl groups is 1. The van der Waals surface area contributed by atoms with Crippen molar-refractivity contribution in [1.29, 1.82) is 0 Å². The number of aryl methyl sites for hydroxylation is 1. The Morgan fingerprint density at radius 3 is 2.62 bits per heavy atom. The topological polar surface area (TPSA) is 109 Å². The Kier molecular flexibility index (Phi) is 7.02. The number of β-amino-alcohol motifs (C(OH)–C–C–N with tert-alkyl or cyclic N) is 1. The fourth-order valence-electron chi connectivity index (χ4n) is 3.79. The summed E-state index contributed by atoms with van der Waals surface area (Å²) in [6.45, 7) is 9.20. The summed E-state index contributed by atoms with van der Waals surface area (Å²) in [7, 11) is 0. The number of amides is 2. The lowest BCUT2D eigenvalue weighted by molar-refractivity contribution is -0.141. The number of hydrogen-bond acceptors (Lipinski definition) is 6. The van der Waals surface area contributed by atoms with Crippen LogP contribution in [-0.2, 0) is 9.59 Å². The fourth-order valence-corrected chi connectivity index (χ4v) is 4.63. The summed E-state index contributed by atoms with van der Waals surface area (Å²) in [5.74, 6) is -1.15. The first-order valence-electron chi connectivity index (χ1n) is 10.6. The number of aliphatic hydroxyl groups excluding tert-OH is 1. The Balaban J connectivity index is 1.73. The number of hydrogen-bond donors (Lipinski definition) is 3. The number of halogens is 1. The fraction of sp³-hybridized carbons (Fsp3) is 0.522. The van der Waals surface area contributed by atoms with E-state index in [1.807, 2.05) is 27.7 Å². The van der Waals surface area contributed by atoms with Crippen LogP contribution in [-0.4, -0.2) is 51.5 Å². The lowest BCUT2D eigenvalue weighted by atomic mass is 9.86. The summed E-state index contributed by atoms with van der Waals surface area (Å²) in [5.41, 5.74) is 9.14. The van der Waals surface area contributed by atoms with Crippen LogP contribution < -0.4 is 11.1 Å². The molecular formula is C23H31FN4O3S. The summed E-state index contributed by atoms with van der Waals surface area (Å²) in [6.07, 6.45) is -0.657. The Morgan fingerprint density at radius 2 is 2.06 bits per heavy atom. The molecule has 32 heavy (non-hydrogen) atoms. The van der Waals surface area contributed by atoms with E-state index in [1.54, 1.807) is 24.6 Å². The Labute approximate surface area is 191 Å². The summed E-state index contributed by atoms with van der Waals surface area (Å²) >= 11 is 1.37. The first-order valence-corrected chi connectivity index (χ1v) is 11.5. The molecule has 2 amide bonds. The van der Waals surface area contributed by atoms with Crippen molar-refractivity contribution in [3.05, 3.63) is 40.8 Å². The van der Waals surface area contributed by atoms with E-state index < -0.39 is 35.6 Å². The highest BCUT2D eigenvalue weighted by atomic mass is 32.1. The number of rotatable bonds is 5. The van der Waals surface area contributed by atoms with Crippen molar-refractivity contribution in [2.75, 3.05) is 6.54 Å². The molecule has 1 aliphatic rings. The van der Waals surface area contributed by atoms with E-state index in [0.29, 0.717) is 11.1 Å². The van der Waals surface area contributed by atoms with Gasteiger partial charge in [-0.05, 0) is 30.9 Å². The third-order valence-electron chi connectivity index (χ3n) is 5.91. The quantitative estimate of drug-likeness (QED) is 0.633. The minimum atomic E-state index is -0.822. The number of carbonyl (C=O) groups is 2. The van der Waals surface area contributed by atoms with E-state index in [-0.39, 0.29) is 24.7 Å². The lowest BCUT2D eigenvalue weighted by Crippen LogP contribution is -2.55. The minimum absolute atomic E-state index is 0.0621. The zero-order valence-corrected chi connectivity index (χ0v) is 19.9.